The number of hydrogen-bond donors (Lipinski definition) is 2. The molecule has 0 saturated carbocycles. The first-order valence-corrected chi connectivity index (χ1v) is 9.49. The van der Waals surface area contributed by atoms with Gasteiger partial charge in [-0.15, -0.1) is 0 Å². The number of carbonyl (C=O) groups excluding carboxylic acids is 2. The summed E-state index contributed by atoms with van der Waals surface area (Å²) in [5, 5.41) is 9.54. The van der Waals surface area contributed by atoms with Crippen molar-refractivity contribution in [3.05, 3.63) is 53.9 Å². The van der Waals surface area contributed by atoms with Crippen LogP contribution in [0.25, 0.3) is 0 Å². The maximum Gasteiger partial charge on any atom is 0.269 e. The van der Waals surface area contributed by atoms with Crippen molar-refractivity contribution in [3.63, 3.8) is 0 Å². The minimum absolute atomic E-state index is 0.0750. The fourth-order valence-corrected chi connectivity index (χ4v) is 3.65. The summed E-state index contributed by atoms with van der Waals surface area (Å²) in [7, 11) is 0. The van der Waals surface area contributed by atoms with Gasteiger partial charge < -0.3 is 10.2 Å². The molecule has 1 aromatic carbocycles. The first-order chi connectivity index (χ1) is 13.1. The Balaban J connectivity index is 1.73. The van der Waals surface area contributed by atoms with E-state index in [9.17, 15) is 9.59 Å². The smallest absolute Gasteiger partial charge is 0.269 e. The topological polar surface area (TPSA) is 81.3 Å². The number of benzene rings is 1. The zero-order chi connectivity index (χ0) is 19.2. The molecule has 2 N–H and O–H groups in total. The highest BCUT2D eigenvalue weighted by molar-refractivity contribution is 5.92. The summed E-state index contributed by atoms with van der Waals surface area (Å²) >= 11 is 0. The van der Waals surface area contributed by atoms with Crippen molar-refractivity contribution in [3.8, 4) is 0 Å². The highest BCUT2D eigenvalue weighted by Gasteiger charge is 2.38. The van der Waals surface area contributed by atoms with Crippen LogP contribution in [0.2, 0.25) is 0 Å². The molecule has 7 heteroatoms. The van der Waals surface area contributed by atoms with Crippen molar-refractivity contribution in [1.82, 2.24) is 25.3 Å². The molecule has 0 radical (unpaired) electrons. The Morgan fingerprint density at radius 3 is 2.59 bits per heavy atom. The van der Waals surface area contributed by atoms with Crippen LogP contribution >= 0.6 is 0 Å². The van der Waals surface area contributed by atoms with E-state index in [-0.39, 0.29) is 23.9 Å². The number of aromatic amines is 1. The Bertz CT molecular complexity index is 743. The number of H-pyrrole nitrogens is 1. The van der Waals surface area contributed by atoms with Crippen molar-refractivity contribution in [2.75, 3.05) is 19.6 Å². The Hall–Kier alpha value is -2.67. The third-order valence-electron chi connectivity index (χ3n) is 5.07. The molecule has 2 aromatic rings. The van der Waals surface area contributed by atoms with E-state index in [4.69, 9.17) is 0 Å². The largest absolute Gasteiger partial charge is 0.347 e. The van der Waals surface area contributed by atoms with Gasteiger partial charge in [-0.2, -0.15) is 5.10 Å². The summed E-state index contributed by atoms with van der Waals surface area (Å²) in [6.45, 7) is 6.71. The predicted molar refractivity (Wildman–Crippen MR) is 103 cm³/mol. The molecular weight excluding hydrogens is 342 g/mol. The molecule has 1 aromatic heterocycles. The van der Waals surface area contributed by atoms with Gasteiger partial charge in [-0.25, -0.2) is 0 Å². The lowest BCUT2D eigenvalue weighted by Gasteiger charge is -2.28. The molecule has 0 aliphatic carbocycles. The number of amides is 2. The molecule has 1 saturated heterocycles. The number of nitrogens with zero attached hydrogens (tertiary/aromatic N) is 3. The fourth-order valence-electron chi connectivity index (χ4n) is 3.65. The van der Waals surface area contributed by atoms with Gasteiger partial charge in [0.05, 0.1) is 6.04 Å². The second-order valence-corrected chi connectivity index (χ2v) is 6.82. The number of carbonyl (C=O) groups is 2. The summed E-state index contributed by atoms with van der Waals surface area (Å²) in [4.78, 5) is 29.4. The minimum atomic E-state index is -0.225. The van der Waals surface area contributed by atoms with E-state index >= 15 is 0 Å². The van der Waals surface area contributed by atoms with E-state index in [1.807, 2.05) is 36.9 Å². The summed E-state index contributed by atoms with van der Waals surface area (Å²) in [6, 6.07) is 11.5. The van der Waals surface area contributed by atoms with Gasteiger partial charge in [0.1, 0.15) is 5.69 Å². The molecule has 2 atom stereocenters. The predicted octanol–water partition coefficient (Wildman–Crippen LogP) is 1.65. The van der Waals surface area contributed by atoms with Gasteiger partial charge in [0, 0.05) is 38.4 Å². The molecular formula is C20H27N5O2. The third kappa shape index (κ3) is 4.54. The number of aromatic nitrogens is 2. The van der Waals surface area contributed by atoms with Crippen LogP contribution in [0.15, 0.2) is 42.6 Å². The minimum Gasteiger partial charge on any atom is -0.347 e. The lowest BCUT2D eigenvalue weighted by Crippen LogP contribution is -2.45. The average molecular weight is 369 g/mol. The van der Waals surface area contributed by atoms with E-state index in [0.717, 1.165) is 5.56 Å². The summed E-state index contributed by atoms with van der Waals surface area (Å²) in [6.07, 6.45) is 2.17. The van der Waals surface area contributed by atoms with Crippen LogP contribution in [0, 0.1) is 0 Å². The van der Waals surface area contributed by atoms with Crippen LogP contribution in [-0.2, 0) is 11.3 Å². The monoisotopic (exact) mass is 369 g/mol. The first-order valence-electron chi connectivity index (χ1n) is 9.49. The van der Waals surface area contributed by atoms with Crippen LogP contribution in [-0.4, -0.2) is 63.5 Å². The lowest BCUT2D eigenvalue weighted by molar-refractivity contribution is -0.135. The van der Waals surface area contributed by atoms with Crippen molar-refractivity contribution in [2.24, 2.45) is 0 Å². The molecule has 0 unspecified atom stereocenters. The maximum atomic E-state index is 13.0. The van der Waals surface area contributed by atoms with E-state index in [1.165, 1.54) is 0 Å². The Morgan fingerprint density at radius 1 is 1.22 bits per heavy atom. The normalized spacial score (nSPS) is 19.8. The Kier molecular flexibility index (Phi) is 6.24. The van der Waals surface area contributed by atoms with Crippen molar-refractivity contribution < 1.29 is 9.59 Å². The molecule has 144 valence electrons. The number of nitrogens with one attached hydrogen (secondary N) is 2. The molecule has 1 aliphatic rings. The first kappa shape index (κ1) is 19.1. The average Bonchev–Trinajstić information content (AvgIpc) is 3.34. The molecule has 1 aliphatic heterocycles. The molecule has 2 heterocycles. The number of likely N-dealkylation sites (tertiary alicyclic amines) is 1. The lowest BCUT2D eigenvalue weighted by atomic mass is 10.1. The molecule has 27 heavy (non-hydrogen) atoms. The maximum absolute atomic E-state index is 13.0. The van der Waals surface area contributed by atoms with E-state index < -0.39 is 0 Å². The highest BCUT2D eigenvalue weighted by atomic mass is 16.2. The molecule has 0 spiro atoms. The second kappa shape index (κ2) is 8.81. The summed E-state index contributed by atoms with van der Waals surface area (Å²) in [5.74, 6) is -0.0534. The van der Waals surface area contributed by atoms with Crippen LogP contribution in [0.5, 0.6) is 0 Å². The molecule has 3 rings (SSSR count). The molecule has 7 nitrogen and oxygen atoms in total. The van der Waals surface area contributed by atoms with Crippen LogP contribution in [0.1, 0.15) is 36.3 Å². The van der Waals surface area contributed by atoms with Gasteiger partial charge >= 0.3 is 0 Å². The molecule has 0 bridgehead atoms. The number of likely N-dealkylation sites (N-methyl/N-ethyl adjacent to an activating group) is 1. The van der Waals surface area contributed by atoms with Crippen molar-refractivity contribution >= 4 is 11.8 Å². The van der Waals surface area contributed by atoms with E-state index in [2.05, 4.69) is 32.5 Å². The Morgan fingerprint density at radius 2 is 1.96 bits per heavy atom. The number of rotatable bonds is 7. The quantitative estimate of drug-likeness (QED) is 0.778. The Labute approximate surface area is 159 Å². The van der Waals surface area contributed by atoms with Crippen molar-refractivity contribution in [1.29, 1.82) is 0 Å². The van der Waals surface area contributed by atoms with Crippen LogP contribution in [0.3, 0.4) is 0 Å². The standard InChI is InChI=1S/C20H27N5O2/c1-3-24(4-2)20(27)18-12-16(22-19(26)17-10-11-21-23-17)14-25(18)13-15-8-6-5-7-9-15/h5-11,16,18H,3-4,12-14H2,1-2H3,(H,21,23)(H,22,26)/t16-,18+/m1/s1. The summed E-state index contributed by atoms with van der Waals surface area (Å²) < 4.78 is 0. The SMILES string of the molecule is CCN(CC)C(=O)[C@@H]1C[C@@H](NC(=O)c2ccn[nH]2)CN1Cc1ccccc1. The summed E-state index contributed by atoms with van der Waals surface area (Å²) in [5.41, 5.74) is 1.60. The van der Waals surface area contributed by atoms with Crippen LogP contribution in [0.4, 0.5) is 0 Å². The van der Waals surface area contributed by atoms with Gasteiger partial charge in [-0.1, -0.05) is 30.3 Å². The zero-order valence-corrected chi connectivity index (χ0v) is 15.9. The van der Waals surface area contributed by atoms with Gasteiger partial charge in [0.15, 0.2) is 0 Å². The zero-order valence-electron chi connectivity index (χ0n) is 15.9. The number of hydrogen-bond acceptors (Lipinski definition) is 4. The molecule has 1 fully saturated rings. The van der Waals surface area contributed by atoms with Gasteiger partial charge in [0.2, 0.25) is 5.91 Å². The highest BCUT2D eigenvalue weighted by Crippen LogP contribution is 2.23. The van der Waals surface area contributed by atoms with Gasteiger partial charge in [0.25, 0.3) is 5.91 Å². The van der Waals surface area contributed by atoms with Crippen LogP contribution < -0.4 is 5.32 Å². The fraction of sp³-hybridized carbons (Fsp3) is 0.450. The van der Waals surface area contributed by atoms with E-state index in [1.54, 1.807) is 12.3 Å². The van der Waals surface area contributed by atoms with Gasteiger partial charge in [-0.05, 0) is 31.9 Å². The third-order valence-corrected chi connectivity index (χ3v) is 5.07. The van der Waals surface area contributed by atoms with Gasteiger partial charge in [-0.3, -0.25) is 19.6 Å². The molecule has 2 amide bonds. The van der Waals surface area contributed by atoms with Crippen molar-refractivity contribution in [2.45, 2.75) is 38.9 Å². The van der Waals surface area contributed by atoms with E-state index in [0.29, 0.717) is 38.3 Å². The second-order valence-electron chi connectivity index (χ2n) is 6.82.